The molecule has 2 aromatic heterocycles. The van der Waals surface area contributed by atoms with Crippen molar-refractivity contribution in [1.82, 2.24) is 10.1 Å². The van der Waals surface area contributed by atoms with E-state index < -0.39 is 11.8 Å². The van der Waals surface area contributed by atoms with Crippen molar-refractivity contribution in [1.29, 1.82) is 0 Å². The van der Waals surface area contributed by atoms with Crippen molar-refractivity contribution in [3.05, 3.63) is 41.5 Å². The maximum atomic E-state index is 14.3. The van der Waals surface area contributed by atoms with Crippen LogP contribution in [0, 0.1) is 12.7 Å². The molecule has 0 aliphatic rings. The van der Waals surface area contributed by atoms with E-state index in [-0.39, 0.29) is 17.0 Å². The van der Waals surface area contributed by atoms with Crippen molar-refractivity contribution in [3.8, 4) is 11.3 Å². The van der Waals surface area contributed by atoms with Gasteiger partial charge in [0.05, 0.1) is 0 Å². The van der Waals surface area contributed by atoms with Gasteiger partial charge in [-0.25, -0.2) is 9.18 Å². The van der Waals surface area contributed by atoms with Crippen LogP contribution >= 0.6 is 0 Å². The fourth-order valence-electron chi connectivity index (χ4n) is 2.01. The first-order valence-corrected chi connectivity index (χ1v) is 5.54. The molecule has 0 radical (unpaired) electrons. The summed E-state index contributed by atoms with van der Waals surface area (Å²) in [5.74, 6) is -2.01. The first kappa shape index (κ1) is 11.5. The van der Waals surface area contributed by atoms with Crippen molar-refractivity contribution in [2.75, 3.05) is 0 Å². The summed E-state index contributed by atoms with van der Waals surface area (Å²) in [5, 5.41) is 12.8. The molecule has 19 heavy (non-hydrogen) atoms. The number of carbonyl (C=O) groups is 1. The molecule has 3 rings (SSSR count). The molecule has 0 atom stereocenters. The Hall–Kier alpha value is -2.63. The van der Waals surface area contributed by atoms with E-state index >= 15 is 0 Å². The average Bonchev–Trinajstić information content (AvgIpc) is 2.95. The van der Waals surface area contributed by atoms with Gasteiger partial charge in [-0.1, -0.05) is 5.16 Å². The highest BCUT2D eigenvalue weighted by molar-refractivity contribution is 5.88. The topological polar surface area (TPSA) is 79.1 Å². The third-order valence-electron chi connectivity index (χ3n) is 2.87. The van der Waals surface area contributed by atoms with Crippen LogP contribution in [0.15, 0.2) is 28.8 Å². The zero-order valence-corrected chi connectivity index (χ0v) is 9.90. The number of fused-ring (bicyclic) bond motifs is 1. The number of hydrogen-bond donors (Lipinski definition) is 2. The van der Waals surface area contributed by atoms with Crippen LogP contribution in [0.2, 0.25) is 0 Å². The third kappa shape index (κ3) is 1.77. The minimum absolute atomic E-state index is 0.163. The van der Waals surface area contributed by atoms with Crippen LogP contribution in [0.25, 0.3) is 22.2 Å². The van der Waals surface area contributed by atoms with E-state index in [1.54, 1.807) is 12.1 Å². The number of H-pyrrole nitrogens is 1. The highest BCUT2D eigenvalue weighted by atomic mass is 19.1. The Balaban J connectivity index is 2.18. The van der Waals surface area contributed by atoms with Gasteiger partial charge in [-0.2, -0.15) is 0 Å². The Morgan fingerprint density at radius 2 is 2.21 bits per heavy atom. The van der Waals surface area contributed by atoms with Crippen molar-refractivity contribution < 1.29 is 18.8 Å². The van der Waals surface area contributed by atoms with E-state index in [0.29, 0.717) is 10.9 Å². The Kier molecular flexibility index (Phi) is 2.38. The maximum Gasteiger partial charge on any atom is 0.374 e. The smallest absolute Gasteiger partial charge is 0.374 e. The van der Waals surface area contributed by atoms with Crippen LogP contribution in [0.5, 0.6) is 0 Å². The number of nitrogens with zero attached hydrogens (tertiary/aromatic N) is 1. The lowest BCUT2D eigenvalue weighted by Gasteiger charge is -1.99. The molecule has 2 heterocycles. The zero-order chi connectivity index (χ0) is 13.6. The second kappa shape index (κ2) is 3.94. The van der Waals surface area contributed by atoms with Gasteiger partial charge in [0.1, 0.15) is 11.5 Å². The minimum Gasteiger partial charge on any atom is -0.475 e. The molecule has 0 saturated carbocycles. The molecule has 0 aliphatic heterocycles. The largest absolute Gasteiger partial charge is 0.475 e. The zero-order valence-electron chi connectivity index (χ0n) is 9.90. The van der Waals surface area contributed by atoms with Crippen LogP contribution in [-0.2, 0) is 0 Å². The second-order valence-corrected chi connectivity index (χ2v) is 4.22. The quantitative estimate of drug-likeness (QED) is 0.742. The summed E-state index contributed by atoms with van der Waals surface area (Å²) in [6.07, 6.45) is 0. The lowest BCUT2D eigenvalue weighted by Crippen LogP contribution is -1.91. The number of aromatic nitrogens is 2. The van der Waals surface area contributed by atoms with Gasteiger partial charge in [-0.3, -0.25) is 0 Å². The second-order valence-electron chi connectivity index (χ2n) is 4.22. The number of carboxylic acid groups (broad SMARTS) is 1. The number of aromatic carboxylic acids is 1. The van der Waals surface area contributed by atoms with Crippen molar-refractivity contribution in [2.45, 2.75) is 6.92 Å². The summed E-state index contributed by atoms with van der Waals surface area (Å²) in [6, 6.07) is 6.14. The van der Waals surface area contributed by atoms with Crippen LogP contribution in [0.4, 0.5) is 4.39 Å². The summed E-state index contributed by atoms with van der Waals surface area (Å²) < 4.78 is 19.0. The van der Waals surface area contributed by atoms with Crippen molar-refractivity contribution in [3.63, 3.8) is 0 Å². The molecule has 0 fully saturated rings. The maximum absolute atomic E-state index is 14.3. The van der Waals surface area contributed by atoms with E-state index in [2.05, 4.69) is 14.7 Å². The molecule has 0 aliphatic carbocycles. The molecule has 5 nitrogen and oxygen atoms in total. The van der Waals surface area contributed by atoms with E-state index in [4.69, 9.17) is 5.11 Å². The monoisotopic (exact) mass is 260 g/mol. The van der Waals surface area contributed by atoms with Gasteiger partial charge in [0, 0.05) is 28.2 Å². The van der Waals surface area contributed by atoms with Gasteiger partial charge < -0.3 is 14.6 Å². The molecule has 96 valence electrons. The Bertz CT molecular complexity index is 788. The predicted molar refractivity (Wildman–Crippen MR) is 65.5 cm³/mol. The van der Waals surface area contributed by atoms with E-state index in [0.717, 1.165) is 5.69 Å². The van der Waals surface area contributed by atoms with Gasteiger partial charge in [-0.05, 0) is 25.1 Å². The SMILES string of the molecule is Cc1cc2c(F)c(-c3cc(C(=O)O)on3)ccc2[nH]1. The van der Waals surface area contributed by atoms with E-state index in [9.17, 15) is 9.18 Å². The van der Waals surface area contributed by atoms with Crippen molar-refractivity contribution >= 4 is 16.9 Å². The molecule has 0 amide bonds. The molecule has 2 N–H and O–H groups in total. The van der Waals surface area contributed by atoms with Gasteiger partial charge in [0.15, 0.2) is 0 Å². The molecule has 0 spiro atoms. The molecule has 0 saturated heterocycles. The Morgan fingerprint density at radius 1 is 1.42 bits per heavy atom. The van der Waals surface area contributed by atoms with Crippen LogP contribution in [0.1, 0.15) is 16.2 Å². The van der Waals surface area contributed by atoms with Crippen LogP contribution < -0.4 is 0 Å². The molecule has 1 aromatic carbocycles. The fraction of sp³-hybridized carbons (Fsp3) is 0.0769. The van der Waals surface area contributed by atoms with Gasteiger partial charge in [0.25, 0.3) is 0 Å². The highest BCUT2D eigenvalue weighted by Crippen LogP contribution is 2.29. The molecular weight excluding hydrogens is 251 g/mol. The van der Waals surface area contributed by atoms with Gasteiger partial charge in [-0.15, -0.1) is 0 Å². The van der Waals surface area contributed by atoms with E-state index in [1.807, 2.05) is 6.92 Å². The number of aromatic amines is 1. The number of carboxylic acids is 1. The van der Waals surface area contributed by atoms with Gasteiger partial charge >= 0.3 is 5.97 Å². The number of benzene rings is 1. The Morgan fingerprint density at radius 3 is 2.89 bits per heavy atom. The van der Waals surface area contributed by atoms with Crippen LogP contribution in [-0.4, -0.2) is 21.2 Å². The van der Waals surface area contributed by atoms with E-state index in [1.165, 1.54) is 12.1 Å². The number of nitrogens with one attached hydrogen (secondary N) is 1. The fourth-order valence-corrected chi connectivity index (χ4v) is 2.01. The normalized spacial score (nSPS) is 11.1. The summed E-state index contributed by atoms with van der Waals surface area (Å²) in [4.78, 5) is 13.7. The molecular formula is C13H9FN2O3. The number of halogens is 1. The molecule has 0 bridgehead atoms. The number of rotatable bonds is 2. The molecule has 6 heteroatoms. The summed E-state index contributed by atoms with van der Waals surface area (Å²) >= 11 is 0. The lowest BCUT2D eigenvalue weighted by molar-refractivity contribution is 0.0652. The lowest BCUT2D eigenvalue weighted by atomic mass is 10.1. The van der Waals surface area contributed by atoms with Crippen LogP contribution in [0.3, 0.4) is 0 Å². The minimum atomic E-state index is -1.24. The highest BCUT2D eigenvalue weighted by Gasteiger charge is 2.17. The summed E-state index contributed by atoms with van der Waals surface area (Å²) in [7, 11) is 0. The predicted octanol–water partition coefficient (Wildman–Crippen LogP) is 2.97. The molecule has 0 unspecified atom stereocenters. The third-order valence-corrected chi connectivity index (χ3v) is 2.87. The standard InChI is InChI=1S/C13H9FN2O3/c1-6-4-8-9(15-6)3-2-7(12(8)14)10-5-11(13(17)18)19-16-10/h2-5,15H,1H3,(H,17,18). The Labute approximate surface area is 106 Å². The molecule has 3 aromatic rings. The first-order chi connectivity index (χ1) is 9.06. The van der Waals surface area contributed by atoms with Crippen molar-refractivity contribution in [2.24, 2.45) is 0 Å². The van der Waals surface area contributed by atoms with Gasteiger partial charge in [0.2, 0.25) is 5.76 Å². The summed E-state index contributed by atoms with van der Waals surface area (Å²) in [5.41, 5.74) is 1.90. The first-order valence-electron chi connectivity index (χ1n) is 5.54. The number of hydrogen-bond acceptors (Lipinski definition) is 3. The average molecular weight is 260 g/mol. The number of aryl methyl sites for hydroxylation is 1. The summed E-state index contributed by atoms with van der Waals surface area (Å²) in [6.45, 7) is 1.83.